The predicted molar refractivity (Wildman–Crippen MR) is 220 cm³/mol. The fourth-order valence-corrected chi connectivity index (χ4v) is 11.2. The minimum atomic E-state index is 0.490. The van der Waals surface area contributed by atoms with Gasteiger partial charge in [0.2, 0.25) is 0 Å². The Morgan fingerprint density at radius 3 is 1.35 bits per heavy atom. The van der Waals surface area contributed by atoms with E-state index in [9.17, 15) is 10.5 Å². The molecule has 4 heterocycles. The highest BCUT2D eigenvalue weighted by atomic mass is 32.1. The Labute approximate surface area is 305 Å². The lowest BCUT2D eigenvalue weighted by Crippen LogP contribution is -2.10. The van der Waals surface area contributed by atoms with Crippen LogP contribution in [-0.2, 0) is 6.42 Å². The van der Waals surface area contributed by atoms with Crippen molar-refractivity contribution in [2.45, 2.75) is 13.3 Å². The Bertz CT molecular complexity index is 3200. The smallest absolute Gasteiger partial charge is 0.101 e. The van der Waals surface area contributed by atoms with Gasteiger partial charge in [-0.15, -0.1) is 22.7 Å². The summed E-state index contributed by atoms with van der Waals surface area (Å²) in [4.78, 5) is 0. The zero-order chi connectivity index (χ0) is 34.7. The number of aromatic nitrogens is 2. The normalized spacial score (nSPS) is 12.0. The minimum Gasteiger partial charge on any atom is -0.307 e. The molecular formula is C46H26N4S2. The molecule has 0 saturated heterocycles. The standard InChI is InChI=1S/C46H26N4S2/c1-2-28-43(49-35-15-7-3-13-33(35)41-37(49)21-19-31-29-11-5-9-17-39(29)51-45(31)41)26(24-47)23-27(25-48)44(28)50-36-16-8-4-14-34(36)42-38(50)22-20-32-30-12-6-10-18-40(30)52-46(32)42/h3-23H,2H2,1H3. The van der Waals surface area contributed by atoms with Crippen LogP contribution in [0.5, 0.6) is 0 Å². The van der Waals surface area contributed by atoms with Crippen LogP contribution in [0.15, 0.2) is 127 Å². The Morgan fingerprint density at radius 2 is 0.904 bits per heavy atom. The fraction of sp³-hybridized carbons (Fsp3) is 0.0435. The van der Waals surface area contributed by atoms with E-state index in [1.807, 2.05) is 22.7 Å². The van der Waals surface area contributed by atoms with Crippen LogP contribution in [0.3, 0.4) is 0 Å². The molecule has 0 aliphatic carbocycles. The average molecular weight is 699 g/mol. The highest BCUT2D eigenvalue weighted by Gasteiger charge is 2.27. The van der Waals surface area contributed by atoms with Gasteiger partial charge in [-0.25, -0.2) is 0 Å². The first-order valence-electron chi connectivity index (χ1n) is 17.4. The maximum atomic E-state index is 10.8. The summed E-state index contributed by atoms with van der Waals surface area (Å²) in [5.41, 5.74) is 7.80. The van der Waals surface area contributed by atoms with E-state index in [0.717, 1.165) is 49.8 Å². The van der Waals surface area contributed by atoms with E-state index in [2.05, 4.69) is 150 Å². The molecule has 0 saturated carbocycles. The first-order chi connectivity index (χ1) is 25.7. The molecule has 11 aromatic rings. The molecule has 242 valence electrons. The quantitative estimate of drug-likeness (QED) is 0.184. The molecule has 0 spiro atoms. The lowest BCUT2D eigenvalue weighted by molar-refractivity contribution is 1.01. The second-order valence-electron chi connectivity index (χ2n) is 13.3. The average Bonchev–Trinajstić information content (AvgIpc) is 3.94. The molecule has 6 heteroatoms. The van der Waals surface area contributed by atoms with Crippen LogP contribution in [0.25, 0.3) is 95.3 Å². The van der Waals surface area contributed by atoms with Crippen LogP contribution in [0, 0.1) is 22.7 Å². The SMILES string of the molecule is CCc1c(-n2c3ccccc3c3c4sc5ccccc5c4ccc32)c(C#N)cc(C#N)c1-n1c2ccccc2c2c3sc4ccccc4c3ccc21. The number of benzene rings is 7. The van der Waals surface area contributed by atoms with Crippen LogP contribution in [0.2, 0.25) is 0 Å². The van der Waals surface area contributed by atoms with Gasteiger partial charge in [-0.3, -0.25) is 0 Å². The van der Waals surface area contributed by atoms with Gasteiger partial charge in [0.05, 0.1) is 44.6 Å². The first kappa shape index (κ1) is 29.3. The number of hydrogen-bond acceptors (Lipinski definition) is 4. The summed E-state index contributed by atoms with van der Waals surface area (Å²) >= 11 is 3.64. The Balaban J connectivity index is 1.31. The highest BCUT2D eigenvalue weighted by molar-refractivity contribution is 7.27. The maximum Gasteiger partial charge on any atom is 0.101 e. The van der Waals surface area contributed by atoms with E-state index in [1.165, 1.54) is 51.1 Å². The number of nitriles is 2. The van der Waals surface area contributed by atoms with Crippen LogP contribution in [0.4, 0.5) is 0 Å². The van der Waals surface area contributed by atoms with Crippen molar-refractivity contribution in [2.24, 2.45) is 0 Å². The summed E-state index contributed by atoms with van der Waals surface area (Å²) in [5.74, 6) is 0. The van der Waals surface area contributed by atoms with Crippen molar-refractivity contribution in [3.05, 3.63) is 144 Å². The molecule has 0 unspecified atom stereocenters. The zero-order valence-electron chi connectivity index (χ0n) is 27.9. The van der Waals surface area contributed by atoms with Gasteiger partial charge in [-0.1, -0.05) is 91.9 Å². The van der Waals surface area contributed by atoms with Crippen LogP contribution >= 0.6 is 22.7 Å². The molecular weight excluding hydrogens is 673 g/mol. The molecule has 0 atom stereocenters. The molecule has 0 bridgehead atoms. The monoisotopic (exact) mass is 698 g/mol. The molecule has 0 aliphatic heterocycles. The predicted octanol–water partition coefficient (Wildman–Crippen LogP) is 12.9. The van der Waals surface area contributed by atoms with E-state index < -0.39 is 0 Å². The van der Waals surface area contributed by atoms with E-state index >= 15 is 0 Å². The molecule has 11 rings (SSSR count). The zero-order valence-corrected chi connectivity index (χ0v) is 29.6. The lowest BCUT2D eigenvalue weighted by Gasteiger charge is -2.21. The number of rotatable bonds is 3. The maximum absolute atomic E-state index is 10.8. The van der Waals surface area contributed by atoms with Gasteiger partial charge in [-0.2, -0.15) is 10.5 Å². The lowest BCUT2D eigenvalue weighted by atomic mass is 9.97. The summed E-state index contributed by atoms with van der Waals surface area (Å²) in [6.07, 6.45) is 0.618. The Morgan fingerprint density at radius 1 is 0.481 bits per heavy atom. The number of nitrogens with zero attached hydrogens (tertiary/aromatic N) is 4. The van der Waals surface area contributed by atoms with E-state index in [0.29, 0.717) is 17.5 Å². The first-order valence-corrected chi connectivity index (χ1v) is 19.0. The van der Waals surface area contributed by atoms with Crippen LogP contribution in [0.1, 0.15) is 23.6 Å². The van der Waals surface area contributed by atoms with E-state index in [-0.39, 0.29) is 0 Å². The molecule has 4 aromatic heterocycles. The summed E-state index contributed by atoms with van der Waals surface area (Å²) in [5, 5.41) is 31.4. The van der Waals surface area contributed by atoms with Gasteiger partial charge < -0.3 is 9.13 Å². The third-order valence-corrected chi connectivity index (χ3v) is 13.2. The van der Waals surface area contributed by atoms with Crippen molar-refractivity contribution in [2.75, 3.05) is 0 Å². The molecule has 7 aromatic carbocycles. The largest absolute Gasteiger partial charge is 0.307 e. The van der Waals surface area contributed by atoms with Gasteiger partial charge in [0.1, 0.15) is 12.1 Å². The van der Waals surface area contributed by atoms with Gasteiger partial charge in [0, 0.05) is 67.5 Å². The van der Waals surface area contributed by atoms with E-state index in [1.54, 1.807) is 6.07 Å². The third kappa shape index (κ3) is 3.72. The topological polar surface area (TPSA) is 57.4 Å². The second-order valence-corrected chi connectivity index (χ2v) is 15.4. The summed E-state index contributed by atoms with van der Waals surface area (Å²) in [6.45, 7) is 2.14. The number of thiophene rings is 2. The third-order valence-electron chi connectivity index (χ3n) is 10.8. The van der Waals surface area contributed by atoms with Crippen LogP contribution in [-0.4, -0.2) is 9.13 Å². The molecule has 0 N–H and O–H groups in total. The number of para-hydroxylation sites is 2. The van der Waals surface area contributed by atoms with Crippen LogP contribution < -0.4 is 0 Å². The van der Waals surface area contributed by atoms with Crippen molar-refractivity contribution in [1.29, 1.82) is 10.5 Å². The fourth-order valence-electron chi connectivity index (χ4n) is 8.69. The van der Waals surface area contributed by atoms with E-state index in [4.69, 9.17) is 0 Å². The van der Waals surface area contributed by atoms with Crippen molar-refractivity contribution >= 4 is 107 Å². The van der Waals surface area contributed by atoms with Gasteiger partial charge in [0.15, 0.2) is 0 Å². The molecule has 52 heavy (non-hydrogen) atoms. The van der Waals surface area contributed by atoms with Crippen molar-refractivity contribution in [3.8, 4) is 23.5 Å². The highest BCUT2D eigenvalue weighted by Crippen LogP contribution is 2.47. The van der Waals surface area contributed by atoms with Crippen molar-refractivity contribution < 1.29 is 0 Å². The van der Waals surface area contributed by atoms with Gasteiger partial charge in [0.25, 0.3) is 0 Å². The van der Waals surface area contributed by atoms with Crippen molar-refractivity contribution in [3.63, 3.8) is 0 Å². The molecule has 0 fully saturated rings. The number of fused-ring (bicyclic) bond motifs is 14. The minimum absolute atomic E-state index is 0.490. The molecule has 0 aliphatic rings. The van der Waals surface area contributed by atoms with Crippen molar-refractivity contribution in [1.82, 2.24) is 9.13 Å². The second kappa shape index (κ2) is 10.8. The summed E-state index contributed by atoms with van der Waals surface area (Å²) in [6, 6.07) is 50.0. The van der Waals surface area contributed by atoms with Gasteiger partial charge >= 0.3 is 0 Å². The molecule has 0 radical (unpaired) electrons. The Hall–Kier alpha value is -6.44. The molecule has 0 amide bonds. The Kier molecular flexibility index (Phi) is 6.08. The summed E-state index contributed by atoms with van der Waals surface area (Å²) in [7, 11) is 0. The summed E-state index contributed by atoms with van der Waals surface area (Å²) < 4.78 is 9.58. The molecule has 4 nitrogen and oxygen atoms in total. The number of hydrogen-bond donors (Lipinski definition) is 0. The van der Waals surface area contributed by atoms with Gasteiger partial charge in [-0.05, 0) is 48.9 Å².